The summed E-state index contributed by atoms with van der Waals surface area (Å²) < 4.78 is 26.2. The second-order valence-electron chi connectivity index (χ2n) is 4.38. The van der Waals surface area contributed by atoms with E-state index in [0.29, 0.717) is 5.56 Å². The molecule has 2 aromatic rings. The summed E-state index contributed by atoms with van der Waals surface area (Å²) in [6.45, 7) is -0.0167. The molecule has 0 aliphatic carbocycles. The Morgan fingerprint density at radius 1 is 1.39 bits per heavy atom. The first-order chi connectivity index (χ1) is 8.37. The van der Waals surface area contributed by atoms with Gasteiger partial charge in [-0.1, -0.05) is 6.07 Å². The summed E-state index contributed by atoms with van der Waals surface area (Å²) in [5.41, 5.74) is 1.77. The Morgan fingerprint density at radius 2 is 2.11 bits per heavy atom. The molecule has 2 N–H and O–H groups in total. The molecule has 0 saturated heterocycles. The van der Waals surface area contributed by atoms with Crippen molar-refractivity contribution in [2.24, 2.45) is 7.05 Å². The molecule has 0 radical (unpaired) electrons. The Labute approximate surface area is 106 Å². The number of sulfonamides is 1. The Balaban J connectivity index is 2.20. The number of aryl methyl sites for hydroxylation is 1. The second-order valence-corrected chi connectivity index (χ2v) is 6.21. The minimum Gasteiger partial charge on any atom is -0.387 e. The number of hydrogen-bond acceptors (Lipinski definition) is 3. The van der Waals surface area contributed by atoms with Gasteiger partial charge in [-0.25, -0.2) is 13.1 Å². The molecule has 2 rings (SSSR count). The van der Waals surface area contributed by atoms with Gasteiger partial charge in [0.25, 0.3) is 0 Å². The third-order valence-corrected chi connectivity index (χ3v) is 3.52. The van der Waals surface area contributed by atoms with Crippen molar-refractivity contribution in [1.29, 1.82) is 0 Å². The average molecular weight is 268 g/mol. The molecule has 1 atom stereocenters. The highest BCUT2D eigenvalue weighted by Gasteiger charge is 2.11. The normalized spacial score (nSPS) is 13.9. The van der Waals surface area contributed by atoms with Gasteiger partial charge in [0.05, 0.1) is 12.4 Å². The monoisotopic (exact) mass is 268 g/mol. The Hall–Kier alpha value is -1.37. The number of aliphatic hydroxyl groups excluding tert-OH is 1. The third-order valence-electron chi connectivity index (χ3n) is 2.83. The summed E-state index contributed by atoms with van der Waals surface area (Å²) in [4.78, 5) is 0. The van der Waals surface area contributed by atoms with Crippen LogP contribution >= 0.6 is 0 Å². The maximum absolute atomic E-state index is 11.0. The maximum atomic E-state index is 11.0. The number of aromatic nitrogens is 1. The lowest BCUT2D eigenvalue weighted by molar-refractivity contribution is 0.182. The summed E-state index contributed by atoms with van der Waals surface area (Å²) in [6.07, 6.45) is 2.17. The van der Waals surface area contributed by atoms with Crippen molar-refractivity contribution < 1.29 is 13.5 Å². The number of aliphatic hydroxyl groups is 1. The zero-order valence-electron chi connectivity index (χ0n) is 10.3. The standard InChI is InChI=1S/C12H16N2O3S/c1-14-6-5-9-7-10(3-4-11(9)14)12(15)8-13-18(2,16)17/h3-7,12-13,15H,8H2,1-2H3/t12-/m0/s1. The van der Waals surface area contributed by atoms with Gasteiger partial charge >= 0.3 is 0 Å². The van der Waals surface area contributed by atoms with Gasteiger partial charge in [0, 0.05) is 25.3 Å². The molecule has 1 aromatic heterocycles. The van der Waals surface area contributed by atoms with Crippen LogP contribution in [0.2, 0.25) is 0 Å². The van der Waals surface area contributed by atoms with Crippen LogP contribution in [0.4, 0.5) is 0 Å². The van der Waals surface area contributed by atoms with Crippen molar-refractivity contribution in [2.75, 3.05) is 12.8 Å². The Kier molecular flexibility index (Phi) is 3.43. The summed E-state index contributed by atoms with van der Waals surface area (Å²) in [6, 6.07) is 7.53. The molecule has 0 unspecified atom stereocenters. The van der Waals surface area contributed by atoms with E-state index in [2.05, 4.69) is 4.72 Å². The van der Waals surface area contributed by atoms with E-state index < -0.39 is 16.1 Å². The molecule has 0 spiro atoms. The van der Waals surface area contributed by atoms with Crippen LogP contribution in [-0.2, 0) is 17.1 Å². The Bertz CT molecular complexity index is 661. The highest BCUT2D eigenvalue weighted by Crippen LogP contribution is 2.20. The third kappa shape index (κ3) is 2.90. The fraction of sp³-hybridized carbons (Fsp3) is 0.333. The van der Waals surface area contributed by atoms with Crippen LogP contribution in [0.1, 0.15) is 11.7 Å². The van der Waals surface area contributed by atoms with E-state index in [1.54, 1.807) is 6.07 Å². The molecule has 0 saturated carbocycles. The number of nitrogens with zero attached hydrogens (tertiary/aromatic N) is 1. The van der Waals surface area contributed by atoms with Crippen molar-refractivity contribution in [3.05, 3.63) is 36.0 Å². The molecule has 6 heteroatoms. The van der Waals surface area contributed by atoms with Crippen LogP contribution in [0.25, 0.3) is 10.9 Å². The summed E-state index contributed by atoms with van der Waals surface area (Å²) >= 11 is 0. The number of nitrogens with one attached hydrogen (secondary N) is 1. The van der Waals surface area contributed by atoms with Crippen LogP contribution in [0, 0.1) is 0 Å². The van der Waals surface area contributed by atoms with E-state index in [0.717, 1.165) is 17.2 Å². The number of fused-ring (bicyclic) bond motifs is 1. The fourth-order valence-corrected chi connectivity index (χ4v) is 2.32. The van der Waals surface area contributed by atoms with Gasteiger partial charge in [-0.2, -0.15) is 0 Å². The molecular formula is C12H16N2O3S. The molecule has 5 nitrogen and oxygen atoms in total. The second kappa shape index (κ2) is 4.72. The zero-order valence-corrected chi connectivity index (χ0v) is 11.1. The lowest BCUT2D eigenvalue weighted by Gasteiger charge is -2.11. The first-order valence-corrected chi connectivity index (χ1v) is 7.43. The maximum Gasteiger partial charge on any atom is 0.208 e. The summed E-state index contributed by atoms with van der Waals surface area (Å²) in [7, 11) is -1.33. The van der Waals surface area contributed by atoms with Crippen molar-refractivity contribution >= 4 is 20.9 Å². The molecule has 0 aliphatic rings. The van der Waals surface area contributed by atoms with Crippen molar-refractivity contribution in [3.63, 3.8) is 0 Å². The molecule has 0 amide bonds. The number of benzene rings is 1. The van der Waals surface area contributed by atoms with Gasteiger partial charge in [-0.15, -0.1) is 0 Å². The van der Waals surface area contributed by atoms with Gasteiger partial charge in [-0.3, -0.25) is 0 Å². The zero-order chi connectivity index (χ0) is 13.3. The summed E-state index contributed by atoms with van der Waals surface area (Å²) in [5, 5.41) is 10.9. The largest absolute Gasteiger partial charge is 0.387 e. The van der Waals surface area contributed by atoms with Crippen LogP contribution in [-0.4, -0.2) is 30.9 Å². The van der Waals surface area contributed by atoms with E-state index in [1.165, 1.54) is 0 Å². The van der Waals surface area contributed by atoms with Gasteiger partial charge in [0.1, 0.15) is 0 Å². The first kappa shape index (κ1) is 13.1. The van der Waals surface area contributed by atoms with Crippen LogP contribution in [0.3, 0.4) is 0 Å². The van der Waals surface area contributed by atoms with Crippen LogP contribution in [0.15, 0.2) is 30.5 Å². The lowest BCUT2D eigenvalue weighted by atomic mass is 10.1. The predicted octanol–water partition coefficient (Wildman–Crippen LogP) is 0.761. The minimum absolute atomic E-state index is 0.0167. The van der Waals surface area contributed by atoms with E-state index >= 15 is 0 Å². The average Bonchev–Trinajstić information content (AvgIpc) is 2.66. The van der Waals surface area contributed by atoms with E-state index in [9.17, 15) is 13.5 Å². The number of rotatable bonds is 4. The molecular weight excluding hydrogens is 252 g/mol. The molecule has 0 fully saturated rings. The van der Waals surface area contributed by atoms with E-state index in [1.807, 2.05) is 36.0 Å². The smallest absolute Gasteiger partial charge is 0.208 e. The Morgan fingerprint density at radius 3 is 2.78 bits per heavy atom. The highest BCUT2D eigenvalue weighted by atomic mass is 32.2. The van der Waals surface area contributed by atoms with Crippen molar-refractivity contribution in [3.8, 4) is 0 Å². The van der Waals surface area contributed by atoms with Gasteiger partial charge < -0.3 is 9.67 Å². The first-order valence-electron chi connectivity index (χ1n) is 5.54. The SMILES string of the molecule is Cn1ccc2cc([C@@H](O)CNS(C)(=O)=O)ccc21. The molecule has 98 valence electrons. The minimum atomic E-state index is -3.28. The van der Waals surface area contributed by atoms with Crippen molar-refractivity contribution in [2.45, 2.75) is 6.10 Å². The van der Waals surface area contributed by atoms with Gasteiger partial charge in [0.2, 0.25) is 10.0 Å². The quantitative estimate of drug-likeness (QED) is 0.860. The van der Waals surface area contributed by atoms with Crippen LogP contribution < -0.4 is 4.72 Å². The van der Waals surface area contributed by atoms with Crippen LogP contribution in [0.5, 0.6) is 0 Å². The molecule has 18 heavy (non-hydrogen) atoms. The summed E-state index contributed by atoms with van der Waals surface area (Å²) in [5.74, 6) is 0. The van der Waals surface area contributed by atoms with E-state index in [4.69, 9.17) is 0 Å². The lowest BCUT2D eigenvalue weighted by Crippen LogP contribution is -2.27. The van der Waals surface area contributed by atoms with Gasteiger partial charge in [0.15, 0.2) is 0 Å². The topological polar surface area (TPSA) is 71.3 Å². The number of hydrogen-bond donors (Lipinski definition) is 2. The van der Waals surface area contributed by atoms with Gasteiger partial charge in [-0.05, 0) is 29.1 Å². The molecule has 0 aliphatic heterocycles. The predicted molar refractivity (Wildman–Crippen MR) is 70.7 cm³/mol. The molecule has 0 bridgehead atoms. The molecule has 1 aromatic carbocycles. The van der Waals surface area contributed by atoms with Crippen molar-refractivity contribution in [1.82, 2.24) is 9.29 Å². The fourth-order valence-electron chi connectivity index (χ4n) is 1.86. The van der Waals surface area contributed by atoms with E-state index in [-0.39, 0.29) is 6.54 Å². The highest BCUT2D eigenvalue weighted by molar-refractivity contribution is 7.88. The molecule has 1 heterocycles.